The molecule has 1 amide bonds. The lowest BCUT2D eigenvalue weighted by Crippen LogP contribution is -2.20. The highest BCUT2D eigenvalue weighted by atomic mass is 79.9. The Bertz CT molecular complexity index is 455. The molecule has 0 fully saturated rings. The van der Waals surface area contributed by atoms with Crippen molar-refractivity contribution < 1.29 is 14.7 Å². The minimum absolute atomic E-state index is 0.514. The van der Waals surface area contributed by atoms with Crippen LogP contribution in [0.5, 0.6) is 0 Å². The van der Waals surface area contributed by atoms with Crippen molar-refractivity contribution in [1.82, 2.24) is 0 Å². The normalized spacial score (nSPS) is 10.4. The Balaban J connectivity index is 2.70. The second-order valence-electron chi connectivity index (χ2n) is 3.11. The van der Waals surface area contributed by atoms with E-state index in [1.165, 1.54) is 0 Å². The maximum Gasteiger partial charge on any atom is 0.248 e. The molecule has 1 rings (SSSR count). The van der Waals surface area contributed by atoms with Crippen molar-refractivity contribution in [2.45, 2.75) is 6.92 Å². The van der Waals surface area contributed by atoms with Crippen LogP contribution in [0.2, 0.25) is 0 Å². The second-order valence-corrected chi connectivity index (χ2v) is 3.96. The van der Waals surface area contributed by atoms with Crippen LogP contribution in [0.1, 0.15) is 5.56 Å². The van der Waals surface area contributed by atoms with Gasteiger partial charge in [0.25, 0.3) is 0 Å². The number of hydrogen-bond donors (Lipinski definition) is 1. The molecule has 1 N–H and O–H groups in total. The Morgan fingerprint density at radius 2 is 2.06 bits per heavy atom. The number of rotatable bonds is 3. The largest absolute Gasteiger partial charge is 0.545 e. The smallest absolute Gasteiger partial charge is 0.248 e. The van der Waals surface area contributed by atoms with Crippen molar-refractivity contribution in [2.24, 2.45) is 0 Å². The lowest BCUT2D eigenvalue weighted by atomic mass is 10.2. The molecule has 0 unspecified atom stereocenters. The molecule has 4 nitrogen and oxygen atoms in total. The number of nitrogens with one attached hydrogen (secondary N) is 1. The van der Waals surface area contributed by atoms with E-state index in [4.69, 9.17) is 0 Å². The first-order valence-electron chi connectivity index (χ1n) is 4.45. The number of carboxylic acids is 1. The van der Waals surface area contributed by atoms with Crippen LogP contribution in [0.4, 0.5) is 5.69 Å². The van der Waals surface area contributed by atoms with Crippen LogP contribution in [0.25, 0.3) is 0 Å². The van der Waals surface area contributed by atoms with E-state index in [0.717, 1.165) is 16.1 Å². The van der Waals surface area contributed by atoms with Crippen LogP contribution in [-0.4, -0.2) is 11.9 Å². The molecule has 1 aromatic carbocycles. The highest BCUT2D eigenvalue weighted by Gasteiger charge is 2.00. The Labute approximate surface area is 101 Å². The standard InChI is InChI=1S/C11H10BrNO3/c1-7-2-3-8(6-9(7)12)13-10(14)4-5-11(15)16/h2-6H,1H3,(H,13,14)(H,15,16)/p-1/b5-4+. The molecule has 0 atom stereocenters. The molecular weight excluding hydrogens is 274 g/mol. The van der Waals surface area contributed by atoms with Gasteiger partial charge in [-0.1, -0.05) is 22.0 Å². The third-order valence-corrected chi connectivity index (χ3v) is 2.66. The molecule has 0 saturated heterocycles. The highest BCUT2D eigenvalue weighted by molar-refractivity contribution is 9.10. The summed E-state index contributed by atoms with van der Waals surface area (Å²) in [5.41, 5.74) is 1.63. The summed E-state index contributed by atoms with van der Waals surface area (Å²) in [6.45, 7) is 1.92. The van der Waals surface area contributed by atoms with E-state index in [1.54, 1.807) is 12.1 Å². The summed E-state index contributed by atoms with van der Waals surface area (Å²) in [5, 5.41) is 12.6. The SMILES string of the molecule is Cc1ccc(NC(=O)/C=C/C(=O)[O-])cc1Br. The van der Waals surface area contributed by atoms with Gasteiger partial charge in [-0.3, -0.25) is 4.79 Å². The molecule has 0 spiro atoms. The molecule has 0 heterocycles. The van der Waals surface area contributed by atoms with E-state index in [0.29, 0.717) is 11.8 Å². The average molecular weight is 283 g/mol. The number of hydrogen-bond acceptors (Lipinski definition) is 3. The number of aryl methyl sites for hydroxylation is 1. The molecule has 0 bridgehead atoms. The van der Waals surface area contributed by atoms with Crippen LogP contribution in [0.15, 0.2) is 34.8 Å². The summed E-state index contributed by atoms with van der Waals surface area (Å²) < 4.78 is 0.870. The van der Waals surface area contributed by atoms with Gasteiger partial charge < -0.3 is 15.2 Å². The first-order chi connectivity index (χ1) is 7.49. The van der Waals surface area contributed by atoms with Gasteiger partial charge in [0, 0.05) is 16.2 Å². The molecule has 0 aliphatic heterocycles. The summed E-state index contributed by atoms with van der Waals surface area (Å²) in [7, 11) is 0. The van der Waals surface area contributed by atoms with Gasteiger partial charge in [0.1, 0.15) is 0 Å². The summed E-state index contributed by atoms with van der Waals surface area (Å²) in [6, 6.07) is 5.30. The quantitative estimate of drug-likeness (QED) is 0.841. The van der Waals surface area contributed by atoms with E-state index in [1.807, 2.05) is 13.0 Å². The van der Waals surface area contributed by atoms with Gasteiger partial charge >= 0.3 is 0 Å². The fourth-order valence-corrected chi connectivity index (χ4v) is 1.38. The summed E-state index contributed by atoms with van der Waals surface area (Å²) >= 11 is 3.32. The number of carbonyl (C=O) groups is 2. The summed E-state index contributed by atoms with van der Waals surface area (Å²) in [4.78, 5) is 21.3. The van der Waals surface area contributed by atoms with E-state index >= 15 is 0 Å². The zero-order chi connectivity index (χ0) is 12.1. The molecular formula is C11H9BrNO3-. The minimum Gasteiger partial charge on any atom is -0.545 e. The maximum atomic E-state index is 11.2. The molecule has 0 saturated carbocycles. The number of amides is 1. The van der Waals surface area contributed by atoms with E-state index in [-0.39, 0.29) is 0 Å². The fourth-order valence-electron chi connectivity index (χ4n) is 0.998. The van der Waals surface area contributed by atoms with Crippen LogP contribution in [-0.2, 0) is 9.59 Å². The molecule has 0 aromatic heterocycles. The molecule has 0 aliphatic rings. The first-order valence-corrected chi connectivity index (χ1v) is 5.24. The van der Waals surface area contributed by atoms with Crippen molar-refractivity contribution in [2.75, 3.05) is 5.32 Å². The highest BCUT2D eigenvalue weighted by Crippen LogP contribution is 2.20. The van der Waals surface area contributed by atoms with Gasteiger partial charge in [0.2, 0.25) is 5.91 Å². The van der Waals surface area contributed by atoms with Gasteiger partial charge in [-0.15, -0.1) is 0 Å². The molecule has 1 aromatic rings. The van der Waals surface area contributed by atoms with Gasteiger partial charge in [0.15, 0.2) is 0 Å². The van der Waals surface area contributed by atoms with Gasteiger partial charge in [0.05, 0.1) is 5.97 Å². The monoisotopic (exact) mass is 282 g/mol. The minimum atomic E-state index is -1.40. The zero-order valence-electron chi connectivity index (χ0n) is 8.49. The number of halogens is 1. The summed E-state index contributed by atoms with van der Waals surface area (Å²) in [5.74, 6) is -1.92. The topological polar surface area (TPSA) is 69.2 Å². The van der Waals surface area contributed by atoms with Crippen molar-refractivity contribution in [3.8, 4) is 0 Å². The number of carboxylic acid groups (broad SMARTS) is 1. The lowest BCUT2D eigenvalue weighted by Gasteiger charge is -2.04. The number of benzene rings is 1. The van der Waals surface area contributed by atoms with E-state index < -0.39 is 11.9 Å². The number of aliphatic carboxylic acids is 1. The van der Waals surface area contributed by atoms with Crippen LogP contribution < -0.4 is 10.4 Å². The third-order valence-electron chi connectivity index (χ3n) is 1.81. The van der Waals surface area contributed by atoms with Crippen LogP contribution in [0.3, 0.4) is 0 Å². The Morgan fingerprint density at radius 3 is 2.62 bits per heavy atom. The Morgan fingerprint density at radius 1 is 1.38 bits per heavy atom. The zero-order valence-corrected chi connectivity index (χ0v) is 10.1. The first kappa shape index (κ1) is 12.4. The fraction of sp³-hybridized carbons (Fsp3) is 0.0909. The molecule has 0 radical (unpaired) electrons. The average Bonchev–Trinajstić information content (AvgIpc) is 2.21. The molecule has 16 heavy (non-hydrogen) atoms. The Hall–Kier alpha value is -1.62. The predicted octanol–water partition coefficient (Wildman–Crippen LogP) is 1.00. The van der Waals surface area contributed by atoms with E-state index in [2.05, 4.69) is 21.2 Å². The van der Waals surface area contributed by atoms with Gasteiger partial charge in [-0.2, -0.15) is 0 Å². The number of carbonyl (C=O) groups excluding carboxylic acids is 2. The van der Waals surface area contributed by atoms with Crippen molar-refractivity contribution >= 4 is 33.5 Å². The van der Waals surface area contributed by atoms with Crippen molar-refractivity contribution in [1.29, 1.82) is 0 Å². The van der Waals surface area contributed by atoms with E-state index in [9.17, 15) is 14.7 Å². The van der Waals surface area contributed by atoms with Crippen LogP contribution >= 0.6 is 15.9 Å². The summed E-state index contributed by atoms with van der Waals surface area (Å²) in [6.07, 6.45) is 1.58. The van der Waals surface area contributed by atoms with Crippen LogP contribution in [0, 0.1) is 6.92 Å². The lowest BCUT2D eigenvalue weighted by molar-refractivity contribution is -0.297. The van der Waals surface area contributed by atoms with Crippen molar-refractivity contribution in [3.05, 3.63) is 40.4 Å². The molecule has 0 aliphatic carbocycles. The molecule has 5 heteroatoms. The third kappa shape index (κ3) is 3.86. The predicted molar refractivity (Wildman–Crippen MR) is 61.7 cm³/mol. The second kappa shape index (κ2) is 5.46. The molecule has 84 valence electrons. The van der Waals surface area contributed by atoms with Gasteiger partial charge in [-0.05, 0) is 30.7 Å². The maximum absolute atomic E-state index is 11.2. The van der Waals surface area contributed by atoms with Crippen molar-refractivity contribution in [3.63, 3.8) is 0 Å². The number of anilines is 1. The Kier molecular flexibility index (Phi) is 4.25. The van der Waals surface area contributed by atoms with Gasteiger partial charge in [-0.25, -0.2) is 0 Å².